The lowest BCUT2D eigenvalue weighted by atomic mass is 9.93. The van der Waals surface area contributed by atoms with E-state index in [1.807, 2.05) is 25.1 Å². The van der Waals surface area contributed by atoms with Crippen molar-refractivity contribution >= 4 is 5.91 Å². The Labute approximate surface area is 126 Å². The SMILES string of the molecule is COc1ccc(C(C)NC(=O)C2CC=CCC2)cc1OC. The number of carbonyl (C=O) groups is 1. The highest BCUT2D eigenvalue weighted by Gasteiger charge is 2.21. The summed E-state index contributed by atoms with van der Waals surface area (Å²) in [6.45, 7) is 1.98. The predicted octanol–water partition coefficient (Wildman–Crippen LogP) is 3.24. The van der Waals surface area contributed by atoms with E-state index in [1.54, 1.807) is 14.2 Å². The Hall–Kier alpha value is -1.97. The largest absolute Gasteiger partial charge is 0.493 e. The van der Waals surface area contributed by atoms with Gasteiger partial charge in [0, 0.05) is 5.92 Å². The van der Waals surface area contributed by atoms with Gasteiger partial charge in [-0.1, -0.05) is 18.2 Å². The van der Waals surface area contributed by atoms with Crippen LogP contribution in [-0.4, -0.2) is 20.1 Å². The maximum absolute atomic E-state index is 12.3. The number of allylic oxidation sites excluding steroid dienone is 2. The maximum Gasteiger partial charge on any atom is 0.223 e. The zero-order valence-corrected chi connectivity index (χ0v) is 12.9. The average Bonchev–Trinajstić information content (AvgIpc) is 2.54. The molecular weight excluding hydrogens is 266 g/mol. The number of amides is 1. The van der Waals surface area contributed by atoms with Crippen LogP contribution >= 0.6 is 0 Å². The molecule has 0 bridgehead atoms. The van der Waals surface area contributed by atoms with E-state index in [0.29, 0.717) is 11.5 Å². The van der Waals surface area contributed by atoms with E-state index in [1.165, 1.54) is 0 Å². The first-order valence-corrected chi connectivity index (χ1v) is 7.33. The molecule has 0 fully saturated rings. The number of hydrogen-bond donors (Lipinski definition) is 1. The van der Waals surface area contributed by atoms with Crippen LogP contribution in [0.2, 0.25) is 0 Å². The molecule has 1 aromatic carbocycles. The molecule has 1 aliphatic carbocycles. The van der Waals surface area contributed by atoms with Crippen LogP contribution < -0.4 is 14.8 Å². The number of nitrogens with one attached hydrogen (secondary N) is 1. The second-order valence-corrected chi connectivity index (χ2v) is 5.33. The molecule has 4 heteroatoms. The van der Waals surface area contributed by atoms with E-state index in [4.69, 9.17) is 9.47 Å². The van der Waals surface area contributed by atoms with Gasteiger partial charge in [0.2, 0.25) is 5.91 Å². The van der Waals surface area contributed by atoms with Crippen molar-refractivity contribution in [3.63, 3.8) is 0 Å². The quantitative estimate of drug-likeness (QED) is 0.847. The highest BCUT2D eigenvalue weighted by Crippen LogP contribution is 2.30. The molecule has 0 saturated carbocycles. The molecule has 2 atom stereocenters. The average molecular weight is 289 g/mol. The van der Waals surface area contributed by atoms with Gasteiger partial charge in [0.15, 0.2) is 11.5 Å². The fourth-order valence-corrected chi connectivity index (χ4v) is 2.57. The number of rotatable bonds is 5. The first-order valence-electron chi connectivity index (χ1n) is 7.33. The molecule has 114 valence electrons. The molecule has 1 N–H and O–H groups in total. The number of carbonyl (C=O) groups excluding carboxylic acids is 1. The van der Waals surface area contributed by atoms with Gasteiger partial charge in [0.25, 0.3) is 0 Å². The molecule has 1 aliphatic rings. The second kappa shape index (κ2) is 7.16. The summed E-state index contributed by atoms with van der Waals surface area (Å²) in [5.74, 6) is 1.59. The van der Waals surface area contributed by atoms with Crippen LogP contribution in [0.3, 0.4) is 0 Å². The summed E-state index contributed by atoms with van der Waals surface area (Å²) < 4.78 is 10.5. The number of benzene rings is 1. The fraction of sp³-hybridized carbons (Fsp3) is 0.471. The molecule has 0 saturated heterocycles. The van der Waals surface area contributed by atoms with Gasteiger partial charge in [-0.15, -0.1) is 0 Å². The molecule has 1 aromatic rings. The number of methoxy groups -OCH3 is 2. The van der Waals surface area contributed by atoms with Crippen LogP contribution in [0, 0.1) is 5.92 Å². The van der Waals surface area contributed by atoms with E-state index in [-0.39, 0.29) is 17.9 Å². The topological polar surface area (TPSA) is 47.6 Å². The highest BCUT2D eigenvalue weighted by molar-refractivity contribution is 5.79. The summed E-state index contributed by atoms with van der Waals surface area (Å²) >= 11 is 0. The predicted molar refractivity (Wildman–Crippen MR) is 82.6 cm³/mol. The lowest BCUT2D eigenvalue weighted by Gasteiger charge is -2.21. The van der Waals surface area contributed by atoms with Crippen molar-refractivity contribution in [2.24, 2.45) is 5.92 Å². The van der Waals surface area contributed by atoms with Crippen molar-refractivity contribution in [2.75, 3.05) is 14.2 Å². The third-order valence-corrected chi connectivity index (χ3v) is 3.91. The normalized spacial score (nSPS) is 18.9. The summed E-state index contributed by atoms with van der Waals surface area (Å²) in [7, 11) is 3.22. The van der Waals surface area contributed by atoms with Crippen LogP contribution in [0.25, 0.3) is 0 Å². The molecule has 21 heavy (non-hydrogen) atoms. The van der Waals surface area contributed by atoms with E-state index >= 15 is 0 Å². The lowest BCUT2D eigenvalue weighted by Crippen LogP contribution is -2.33. The zero-order valence-electron chi connectivity index (χ0n) is 12.9. The van der Waals surface area contributed by atoms with Gasteiger partial charge in [-0.25, -0.2) is 0 Å². The minimum absolute atomic E-state index is 0.0526. The van der Waals surface area contributed by atoms with Crippen molar-refractivity contribution in [2.45, 2.75) is 32.2 Å². The van der Waals surface area contributed by atoms with Gasteiger partial charge >= 0.3 is 0 Å². The third kappa shape index (κ3) is 3.78. The van der Waals surface area contributed by atoms with Gasteiger partial charge in [0.1, 0.15) is 0 Å². The molecule has 4 nitrogen and oxygen atoms in total. The Morgan fingerprint density at radius 3 is 2.62 bits per heavy atom. The Kier molecular flexibility index (Phi) is 5.26. The van der Waals surface area contributed by atoms with Crippen molar-refractivity contribution in [3.8, 4) is 11.5 Å². The monoisotopic (exact) mass is 289 g/mol. The molecule has 0 radical (unpaired) electrons. The Morgan fingerprint density at radius 2 is 2.00 bits per heavy atom. The molecule has 0 spiro atoms. The van der Waals surface area contributed by atoms with Crippen LogP contribution in [-0.2, 0) is 4.79 Å². The maximum atomic E-state index is 12.3. The van der Waals surface area contributed by atoms with E-state index in [9.17, 15) is 4.79 Å². The Bertz CT molecular complexity index is 525. The first-order chi connectivity index (χ1) is 10.2. The van der Waals surface area contributed by atoms with Gasteiger partial charge in [-0.3, -0.25) is 4.79 Å². The van der Waals surface area contributed by atoms with Gasteiger partial charge in [0.05, 0.1) is 20.3 Å². The van der Waals surface area contributed by atoms with Gasteiger partial charge < -0.3 is 14.8 Å². The molecule has 0 aliphatic heterocycles. The van der Waals surface area contributed by atoms with Crippen LogP contribution in [0.1, 0.15) is 37.8 Å². The van der Waals surface area contributed by atoms with Crippen molar-refractivity contribution in [1.29, 1.82) is 0 Å². The standard InChI is InChI=1S/C17H23NO3/c1-12(18-17(19)13-7-5-4-6-8-13)14-9-10-15(20-2)16(11-14)21-3/h4-5,9-13H,6-8H2,1-3H3,(H,18,19). The molecule has 1 amide bonds. The summed E-state index contributed by atoms with van der Waals surface area (Å²) in [5.41, 5.74) is 1.01. The fourth-order valence-electron chi connectivity index (χ4n) is 2.57. The Balaban J connectivity index is 2.04. The molecule has 2 rings (SSSR count). The highest BCUT2D eigenvalue weighted by atomic mass is 16.5. The van der Waals surface area contributed by atoms with Crippen LogP contribution in [0.5, 0.6) is 11.5 Å². The van der Waals surface area contributed by atoms with E-state index in [2.05, 4.69) is 17.5 Å². The summed E-state index contributed by atoms with van der Waals surface area (Å²) in [6, 6.07) is 5.67. The number of ether oxygens (including phenoxy) is 2. The summed E-state index contributed by atoms with van der Waals surface area (Å²) in [5, 5.41) is 3.09. The summed E-state index contributed by atoms with van der Waals surface area (Å²) in [6.07, 6.45) is 6.99. The lowest BCUT2D eigenvalue weighted by molar-refractivity contribution is -0.125. The zero-order chi connectivity index (χ0) is 15.2. The minimum Gasteiger partial charge on any atom is -0.493 e. The second-order valence-electron chi connectivity index (χ2n) is 5.33. The number of hydrogen-bond acceptors (Lipinski definition) is 3. The minimum atomic E-state index is -0.0526. The van der Waals surface area contributed by atoms with Gasteiger partial charge in [-0.05, 0) is 43.9 Å². The molecule has 0 heterocycles. The van der Waals surface area contributed by atoms with Crippen molar-refractivity contribution in [1.82, 2.24) is 5.32 Å². The van der Waals surface area contributed by atoms with Crippen LogP contribution in [0.15, 0.2) is 30.4 Å². The van der Waals surface area contributed by atoms with Crippen molar-refractivity contribution in [3.05, 3.63) is 35.9 Å². The summed E-state index contributed by atoms with van der Waals surface area (Å²) in [4.78, 5) is 12.3. The van der Waals surface area contributed by atoms with E-state index < -0.39 is 0 Å². The van der Waals surface area contributed by atoms with Crippen molar-refractivity contribution < 1.29 is 14.3 Å². The smallest absolute Gasteiger partial charge is 0.223 e. The van der Waals surface area contributed by atoms with E-state index in [0.717, 1.165) is 24.8 Å². The third-order valence-electron chi connectivity index (χ3n) is 3.91. The molecule has 0 aromatic heterocycles. The Morgan fingerprint density at radius 1 is 1.24 bits per heavy atom. The van der Waals surface area contributed by atoms with Gasteiger partial charge in [-0.2, -0.15) is 0 Å². The van der Waals surface area contributed by atoms with Crippen LogP contribution in [0.4, 0.5) is 0 Å². The molecular formula is C17H23NO3. The first kappa shape index (κ1) is 15.4. The molecule has 2 unspecified atom stereocenters.